The Morgan fingerprint density at radius 2 is 1.55 bits per heavy atom. The molecule has 0 saturated carbocycles. The largest absolute Gasteiger partial charge is 0.493 e. The monoisotopic (exact) mass is 496 g/mol. The van der Waals surface area contributed by atoms with Crippen molar-refractivity contribution in [3.8, 4) is 11.5 Å². The summed E-state index contributed by atoms with van der Waals surface area (Å²) in [5, 5.41) is 3.43. The second-order valence-corrected chi connectivity index (χ2v) is 12.0. The predicted octanol–water partition coefficient (Wildman–Crippen LogP) is 4.88. The number of ether oxygens (including phenoxy) is 2. The maximum absolute atomic E-state index is 13.6. The number of nitrogens with one attached hydrogen (secondary N) is 1. The number of nitrogens with zero attached hydrogens (tertiary/aromatic N) is 1. The van der Waals surface area contributed by atoms with Crippen LogP contribution in [0.15, 0.2) is 47.4 Å². The van der Waals surface area contributed by atoms with Crippen LogP contribution in [0.25, 0.3) is 0 Å². The van der Waals surface area contributed by atoms with Crippen LogP contribution in [0.4, 0.5) is 5.69 Å². The highest BCUT2D eigenvalue weighted by atomic mass is 35.5. The van der Waals surface area contributed by atoms with Crippen LogP contribution in [-0.4, -0.2) is 40.6 Å². The number of anilines is 1. The van der Waals surface area contributed by atoms with E-state index in [0.717, 1.165) is 10.7 Å². The Morgan fingerprint density at radius 1 is 0.970 bits per heavy atom. The lowest BCUT2D eigenvalue weighted by Gasteiger charge is -2.34. The van der Waals surface area contributed by atoms with Gasteiger partial charge in [-0.2, -0.15) is 0 Å². The van der Waals surface area contributed by atoms with Crippen LogP contribution < -0.4 is 19.1 Å². The van der Waals surface area contributed by atoms with E-state index in [-0.39, 0.29) is 16.1 Å². The van der Waals surface area contributed by atoms with Crippen molar-refractivity contribution >= 4 is 33.2 Å². The zero-order valence-electron chi connectivity index (χ0n) is 20.2. The summed E-state index contributed by atoms with van der Waals surface area (Å²) in [5.41, 5.74) is -0.218. The molecular weight excluding hydrogens is 464 g/mol. The van der Waals surface area contributed by atoms with E-state index in [9.17, 15) is 13.2 Å². The van der Waals surface area contributed by atoms with E-state index >= 15 is 0 Å². The van der Waals surface area contributed by atoms with Crippen molar-refractivity contribution < 1.29 is 22.7 Å². The molecule has 0 aliphatic carbocycles. The van der Waals surface area contributed by atoms with Gasteiger partial charge >= 0.3 is 0 Å². The van der Waals surface area contributed by atoms with E-state index in [1.165, 1.54) is 32.4 Å². The number of carbonyl (C=O) groups excluding carboxylic acids is 1. The number of rotatable bonds is 9. The Hall–Kier alpha value is -2.45. The summed E-state index contributed by atoms with van der Waals surface area (Å²) in [7, 11) is -1.22. The summed E-state index contributed by atoms with van der Waals surface area (Å²) < 4.78 is 38.8. The summed E-state index contributed by atoms with van der Waals surface area (Å²) in [6, 6.07) is 10.6. The summed E-state index contributed by atoms with van der Waals surface area (Å²) >= 11 is 6.00. The third-order valence-electron chi connectivity index (χ3n) is 4.79. The van der Waals surface area contributed by atoms with E-state index in [4.69, 9.17) is 21.1 Å². The molecule has 0 spiro atoms. The van der Waals surface area contributed by atoms with Gasteiger partial charge in [-0.05, 0) is 62.1 Å². The zero-order valence-corrected chi connectivity index (χ0v) is 21.8. The molecule has 2 aromatic rings. The van der Waals surface area contributed by atoms with Crippen molar-refractivity contribution in [2.45, 2.75) is 51.5 Å². The van der Waals surface area contributed by atoms with Crippen LogP contribution in [0.5, 0.6) is 11.5 Å². The second kappa shape index (κ2) is 10.2. The molecule has 33 heavy (non-hydrogen) atoms. The molecule has 0 aliphatic heterocycles. The van der Waals surface area contributed by atoms with Crippen LogP contribution in [-0.2, 0) is 14.8 Å². The van der Waals surface area contributed by atoms with Crippen LogP contribution in [0, 0.1) is 5.41 Å². The highest BCUT2D eigenvalue weighted by Gasteiger charge is 2.31. The van der Waals surface area contributed by atoms with Crippen molar-refractivity contribution in [3.63, 3.8) is 0 Å². The summed E-state index contributed by atoms with van der Waals surface area (Å²) in [4.78, 5) is 13.0. The molecule has 2 aromatic carbocycles. The van der Waals surface area contributed by atoms with Crippen LogP contribution >= 0.6 is 11.6 Å². The van der Waals surface area contributed by atoms with Crippen molar-refractivity contribution in [1.29, 1.82) is 0 Å². The minimum Gasteiger partial charge on any atom is -0.493 e. The number of halogens is 1. The minimum absolute atomic E-state index is 0.0155. The second-order valence-electron chi connectivity index (χ2n) is 9.67. The number of hydrogen-bond acceptors (Lipinski definition) is 5. The fourth-order valence-electron chi connectivity index (χ4n) is 3.94. The number of sulfonamides is 1. The van der Waals surface area contributed by atoms with Crippen LogP contribution in [0.3, 0.4) is 0 Å². The van der Waals surface area contributed by atoms with E-state index < -0.39 is 28.0 Å². The molecule has 2 rings (SSSR count). The Kier molecular flexibility index (Phi) is 8.30. The average molecular weight is 497 g/mol. The maximum Gasteiger partial charge on any atom is 0.264 e. The first-order valence-corrected chi connectivity index (χ1v) is 12.3. The van der Waals surface area contributed by atoms with Crippen molar-refractivity contribution in [2.24, 2.45) is 5.41 Å². The molecule has 0 aliphatic rings. The molecule has 0 aromatic heterocycles. The number of carbonyl (C=O) groups is 1. The Labute approximate surface area is 202 Å². The fourth-order valence-corrected chi connectivity index (χ4v) is 5.51. The first-order chi connectivity index (χ1) is 15.2. The smallest absolute Gasteiger partial charge is 0.264 e. The fraction of sp³-hybridized carbons (Fsp3) is 0.458. The minimum atomic E-state index is -4.12. The topological polar surface area (TPSA) is 84.9 Å². The number of benzene rings is 2. The molecule has 0 atom stereocenters. The molecule has 9 heteroatoms. The van der Waals surface area contributed by atoms with Gasteiger partial charge in [-0.15, -0.1) is 0 Å². The Morgan fingerprint density at radius 3 is 2.06 bits per heavy atom. The SMILES string of the molecule is COc1ccc(S(=O)(=O)N(CC(=O)NC(C)(C)CC(C)(C)C)c2ccc(Cl)cc2)cc1OC. The molecule has 0 bridgehead atoms. The highest BCUT2D eigenvalue weighted by Crippen LogP contribution is 2.33. The van der Waals surface area contributed by atoms with Gasteiger partial charge in [0, 0.05) is 16.6 Å². The van der Waals surface area contributed by atoms with Crippen molar-refractivity contribution in [2.75, 3.05) is 25.1 Å². The van der Waals surface area contributed by atoms with Crippen LogP contribution in [0.2, 0.25) is 5.02 Å². The van der Waals surface area contributed by atoms with Gasteiger partial charge in [0.2, 0.25) is 5.91 Å². The standard InChI is InChI=1S/C24H33ClN2O5S/c1-23(2,3)16-24(4,5)26-22(28)15-27(18-10-8-17(25)9-11-18)33(29,30)19-12-13-20(31-6)21(14-19)32-7/h8-14H,15-16H2,1-7H3,(H,26,28). The number of amides is 1. The molecule has 0 heterocycles. The lowest BCUT2D eigenvalue weighted by Crippen LogP contribution is -2.50. The molecule has 0 radical (unpaired) electrons. The third kappa shape index (κ3) is 7.27. The lowest BCUT2D eigenvalue weighted by atomic mass is 9.82. The molecular formula is C24H33ClN2O5S. The normalized spacial score (nSPS) is 12.2. The molecule has 1 amide bonds. The van der Waals surface area contributed by atoms with Crippen LogP contribution in [0.1, 0.15) is 41.0 Å². The van der Waals surface area contributed by atoms with Gasteiger partial charge in [-0.1, -0.05) is 32.4 Å². The first-order valence-electron chi connectivity index (χ1n) is 10.5. The summed E-state index contributed by atoms with van der Waals surface area (Å²) in [5.74, 6) is 0.254. The van der Waals surface area contributed by atoms with Gasteiger partial charge in [0.15, 0.2) is 11.5 Å². The quantitative estimate of drug-likeness (QED) is 0.534. The molecule has 0 fully saturated rings. The summed E-state index contributed by atoms with van der Waals surface area (Å²) in [6.07, 6.45) is 0.717. The number of methoxy groups -OCH3 is 2. The lowest BCUT2D eigenvalue weighted by molar-refractivity contribution is -0.121. The zero-order chi connectivity index (χ0) is 25.0. The van der Waals surface area contributed by atoms with Crippen molar-refractivity contribution in [1.82, 2.24) is 5.32 Å². The van der Waals surface area contributed by atoms with E-state index in [2.05, 4.69) is 26.1 Å². The van der Waals surface area contributed by atoms with Gasteiger partial charge in [-0.3, -0.25) is 9.10 Å². The average Bonchev–Trinajstić information content (AvgIpc) is 2.69. The Balaban J connectivity index is 2.45. The molecule has 7 nitrogen and oxygen atoms in total. The maximum atomic E-state index is 13.6. The Bertz CT molecular complexity index is 1080. The molecule has 1 N–H and O–H groups in total. The van der Waals surface area contributed by atoms with Gasteiger partial charge in [0.05, 0.1) is 24.8 Å². The molecule has 0 unspecified atom stereocenters. The molecule has 182 valence electrons. The van der Waals surface area contributed by atoms with Gasteiger partial charge in [-0.25, -0.2) is 8.42 Å². The van der Waals surface area contributed by atoms with E-state index in [0.29, 0.717) is 16.5 Å². The number of hydrogen-bond donors (Lipinski definition) is 1. The van der Waals surface area contributed by atoms with E-state index in [1.54, 1.807) is 24.3 Å². The predicted molar refractivity (Wildman–Crippen MR) is 132 cm³/mol. The van der Waals surface area contributed by atoms with Gasteiger partial charge in [0.25, 0.3) is 10.0 Å². The highest BCUT2D eigenvalue weighted by molar-refractivity contribution is 7.92. The molecule has 0 saturated heterocycles. The summed E-state index contributed by atoms with van der Waals surface area (Å²) in [6.45, 7) is 9.70. The van der Waals surface area contributed by atoms with Gasteiger partial charge in [0.1, 0.15) is 6.54 Å². The van der Waals surface area contributed by atoms with E-state index in [1.807, 2.05) is 13.8 Å². The van der Waals surface area contributed by atoms with Crippen molar-refractivity contribution in [3.05, 3.63) is 47.5 Å². The first kappa shape index (κ1) is 26.8. The third-order valence-corrected chi connectivity index (χ3v) is 6.82. The van der Waals surface area contributed by atoms with Gasteiger partial charge < -0.3 is 14.8 Å².